The van der Waals surface area contributed by atoms with E-state index in [9.17, 15) is 4.79 Å². The lowest BCUT2D eigenvalue weighted by Crippen LogP contribution is -2.31. The van der Waals surface area contributed by atoms with Gasteiger partial charge in [-0.25, -0.2) is 4.98 Å². The van der Waals surface area contributed by atoms with Crippen molar-refractivity contribution in [3.63, 3.8) is 0 Å². The molecule has 1 atom stereocenters. The molecule has 116 valence electrons. The summed E-state index contributed by atoms with van der Waals surface area (Å²) in [4.78, 5) is 19.0. The van der Waals surface area contributed by atoms with Gasteiger partial charge in [0.2, 0.25) is 5.88 Å². The van der Waals surface area contributed by atoms with E-state index in [4.69, 9.17) is 16.3 Å². The highest BCUT2D eigenvalue weighted by Crippen LogP contribution is 2.35. The average Bonchev–Trinajstić information content (AvgIpc) is 3.19. The Morgan fingerprint density at radius 1 is 1.50 bits per heavy atom. The third-order valence-corrected chi connectivity index (χ3v) is 4.76. The molecule has 0 N–H and O–H groups in total. The van der Waals surface area contributed by atoms with Crippen LogP contribution in [0.25, 0.3) is 0 Å². The summed E-state index contributed by atoms with van der Waals surface area (Å²) in [7, 11) is 0. The number of likely N-dealkylation sites (tertiary alicyclic amines) is 1. The second kappa shape index (κ2) is 6.67. The quantitative estimate of drug-likeness (QED) is 0.841. The van der Waals surface area contributed by atoms with Crippen molar-refractivity contribution in [2.24, 2.45) is 0 Å². The Kier molecular flexibility index (Phi) is 4.64. The minimum absolute atomic E-state index is 0.118. The first-order valence-corrected chi connectivity index (χ1v) is 8.65. The molecule has 6 heteroatoms. The molecule has 0 unspecified atom stereocenters. The molecule has 0 bridgehead atoms. The van der Waals surface area contributed by atoms with Crippen molar-refractivity contribution in [2.45, 2.75) is 25.8 Å². The van der Waals surface area contributed by atoms with Crippen LogP contribution in [0, 0.1) is 0 Å². The number of thiophene rings is 1. The zero-order valence-corrected chi connectivity index (χ0v) is 13.9. The largest absolute Gasteiger partial charge is 0.478 e. The molecule has 0 aromatic carbocycles. The molecule has 2 aromatic heterocycles. The minimum atomic E-state index is -0.125. The lowest BCUT2D eigenvalue weighted by atomic mass is 10.1. The second-order valence-electron chi connectivity index (χ2n) is 5.13. The zero-order valence-electron chi connectivity index (χ0n) is 12.3. The molecule has 0 aliphatic carbocycles. The SMILES string of the molecule is CCOc1ccc(Cl)c(C(=O)N2CCC[C@H]2c2ccsc2)n1. The third-order valence-electron chi connectivity index (χ3n) is 3.76. The first-order chi connectivity index (χ1) is 10.7. The van der Waals surface area contributed by atoms with E-state index >= 15 is 0 Å². The van der Waals surface area contributed by atoms with Crippen molar-refractivity contribution < 1.29 is 9.53 Å². The van der Waals surface area contributed by atoms with E-state index in [1.165, 1.54) is 5.56 Å². The number of nitrogens with zero attached hydrogens (tertiary/aromatic N) is 2. The fourth-order valence-corrected chi connectivity index (χ4v) is 3.65. The van der Waals surface area contributed by atoms with E-state index in [0.717, 1.165) is 19.4 Å². The summed E-state index contributed by atoms with van der Waals surface area (Å²) in [6, 6.07) is 5.55. The van der Waals surface area contributed by atoms with Gasteiger partial charge >= 0.3 is 0 Å². The molecule has 1 fully saturated rings. The van der Waals surface area contributed by atoms with Crippen molar-refractivity contribution in [3.8, 4) is 5.88 Å². The Balaban J connectivity index is 1.88. The van der Waals surface area contributed by atoms with Crippen LogP contribution in [0.4, 0.5) is 0 Å². The number of halogens is 1. The number of carbonyl (C=O) groups is 1. The number of amides is 1. The molecule has 22 heavy (non-hydrogen) atoms. The molecule has 1 aliphatic heterocycles. The Labute approximate surface area is 138 Å². The molecule has 0 saturated carbocycles. The topological polar surface area (TPSA) is 42.4 Å². The Hall–Kier alpha value is -1.59. The van der Waals surface area contributed by atoms with E-state index in [1.807, 2.05) is 17.2 Å². The molecule has 1 saturated heterocycles. The van der Waals surface area contributed by atoms with Gasteiger partial charge in [0.25, 0.3) is 5.91 Å². The molecule has 4 nitrogen and oxygen atoms in total. The van der Waals surface area contributed by atoms with Gasteiger partial charge in [0.15, 0.2) is 5.69 Å². The number of hydrogen-bond acceptors (Lipinski definition) is 4. The van der Waals surface area contributed by atoms with Gasteiger partial charge in [-0.05, 0) is 48.2 Å². The van der Waals surface area contributed by atoms with Crippen molar-refractivity contribution in [1.29, 1.82) is 0 Å². The maximum absolute atomic E-state index is 12.9. The third kappa shape index (κ3) is 2.96. The van der Waals surface area contributed by atoms with Gasteiger partial charge < -0.3 is 9.64 Å². The smallest absolute Gasteiger partial charge is 0.274 e. The van der Waals surface area contributed by atoms with E-state index in [1.54, 1.807) is 23.5 Å². The molecular weight excluding hydrogens is 320 g/mol. The summed E-state index contributed by atoms with van der Waals surface area (Å²) in [6.45, 7) is 3.12. The lowest BCUT2D eigenvalue weighted by molar-refractivity contribution is 0.0729. The van der Waals surface area contributed by atoms with Crippen LogP contribution in [-0.4, -0.2) is 28.9 Å². The Bertz CT molecular complexity index is 660. The highest BCUT2D eigenvalue weighted by Gasteiger charge is 2.32. The van der Waals surface area contributed by atoms with Crippen molar-refractivity contribution >= 4 is 28.8 Å². The van der Waals surface area contributed by atoms with Gasteiger partial charge in [0.1, 0.15) is 0 Å². The summed E-state index contributed by atoms with van der Waals surface area (Å²) in [5, 5.41) is 4.50. The van der Waals surface area contributed by atoms with Gasteiger partial charge in [0, 0.05) is 12.6 Å². The monoisotopic (exact) mass is 336 g/mol. The highest BCUT2D eigenvalue weighted by molar-refractivity contribution is 7.08. The Morgan fingerprint density at radius 3 is 3.09 bits per heavy atom. The van der Waals surface area contributed by atoms with E-state index in [2.05, 4.69) is 16.4 Å². The maximum Gasteiger partial charge on any atom is 0.274 e. The summed E-state index contributed by atoms with van der Waals surface area (Å²) < 4.78 is 5.37. The molecule has 2 aromatic rings. The summed E-state index contributed by atoms with van der Waals surface area (Å²) in [6.07, 6.45) is 1.97. The number of carbonyl (C=O) groups excluding carboxylic acids is 1. The predicted molar refractivity (Wildman–Crippen MR) is 87.7 cm³/mol. The van der Waals surface area contributed by atoms with Crippen LogP contribution >= 0.6 is 22.9 Å². The van der Waals surface area contributed by atoms with Gasteiger partial charge in [-0.2, -0.15) is 11.3 Å². The van der Waals surface area contributed by atoms with E-state index in [0.29, 0.717) is 17.5 Å². The molecule has 0 radical (unpaired) electrons. The summed E-state index contributed by atoms with van der Waals surface area (Å²) in [5.41, 5.74) is 1.46. The second-order valence-corrected chi connectivity index (χ2v) is 6.31. The standard InChI is InChI=1S/C16H17ClN2O2S/c1-2-21-14-6-5-12(17)15(18-14)16(20)19-8-3-4-13(19)11-7-9-22-10-11/h5-7,9-10,13H,2-4,8H2,1H3/t13-/m0/s1. The molecule has 3 rings (SSSR count). The van der Waals surface area contributed by atoms with Crippen molar-refractivity contribution in [3.05, 3.63) is 45.2 Å². The molecule has 0 spiro atoms. The zero-order chi connectivity index (χ0) is 15.5. The van der Waals surface area contributed by atoms with Crippen LogP contribution < -0.4 is 4.74 Å². The first-order valence-electron chi connectivity index (χ1n) is 7.33. The van der Waals surface area contributed by atoms with Crippen LogP contribution in [-0.2, 0) is 0 Å². The molecular formula is C16H17ClN2O2S. The van der Waals surface area contributed by atoms with Crippen LogP contribution in [0.5, 0.6) is 5.88 Å². The van der Waals surface area contributed by atoms with Crippen LogP contribution in [0.1, 0.15) is 41.9 Å². The molecule has 1 aliphatic rings. The number of pyridine rings is 1. The lowest BCUT2D eigenvalue weighted by Gasteiger charge is -2.24. The van der Waals surface area contributed by atoms with Gasteiger partial charge in [0.05, 0.1) is 17.7 Å². The van der Waals surface area contributed by atoms with Crippen LogP contribution in [0.15, 0.2) is 29.0 Å². The highest BCUT2D eigenvalue weighted by atomic mass is 35.5. The number of aromatic nitrogens is 1. The minimum Gasteiger partial charge on any atom is -0.478 e. The molecule has 3 heterocycles. The fourth-order valence-electron chi connectivity index (χ4n) is 2.76. The average molecular weight is 337 g/mol. The van der Waals surface area contributed by atoms with Crippen LogP contribution in [0.3, 0.4) is 0 Å². The number of rotatable bonds is 4. The van der Waals surface area contributed by atoms with E-state index in [-0.39, 0.29) is 17.6 Å². The number of ether oxygens (including phenoxy) is 1. The first kappa shape index (κ1) is 15.3. The van der Waals surface area contributed by atoms with Crippen LogP contribution in [0.2, 0.25) is 5.02 Å². The van der Waals surface area contributed by atoms with Crippen molar-refractivity contribution in [2.75, 3.05) is 13.2 Å². The van der Waals surface area contributed by atoms with Gasteiger partial charge in [-0.3, -0.25) is 4.79 Å². The number of hydrogen-bond donors (Lipinski definition) is 0. The Morgan fingerprint density at radius 2 is 2.36 bits per heavy atom. The van der Waals surface area contributed by atoms with Gasteiger partial charge in [-0.1, -0.05) is 11.6 Å². The van der Waals surface area contributed by atoms with Gasteiger partial charge in [-0.15, -0.1) is 0 Å². The normalized spacial score (nSPS) is 17.7. The van der Waals surface area contributed by atoms with E-state index < -0.39 is 0 Å². The van der Waals surface area contributed by atoms with Crippen molar-refractivity contribution in [1.82, 2.24) is 9.88 Å². The maximum atomic E-state index is 12.9. The summed E-state index contributed by atoms with van der Waals surface area (Å²) in [5.74, 6) is 0.307. The summed E-state index contributed by atoms with van der Waals surface area (Å²) >= 11 is 7.83. The predicted octanol–water partition coefficient (Wildman–Crippen LogP) is 4.17. The molecule has 1 amide bonds. The fraction of sp³-hybridized carbons (Fsp3) is 0.375.